The number of ether oxygens (including phenoxy) is 1. The molecule has 3 rings (SSSR count). The van der Waals surface area contributed by atoms with Gasteiger partial charge < -0.3 is 15.0 Å². The van der Waals surface area contributed by atoms with Crippen LogP contribution in [0.5, 0.6) is 0 Å². The summed E-state index contributed by atoms with van der Waals surface area (Å²) in [6.45, 7) is 4.07. The zero-order valence-corrected chi connectivity index (χ0v) is 12.3. The summed E-state index contributed by atoms with van der Waals surface area (Å²) in [5.41, 5.74) is 2.48. The van der Waals surface area contributed by atoms with E-state index in [0.29, 0.717) is 0 Å². The monoisotopic (exact) mass is 275 g/mol. The van der Waals surface area contributed by atoms with Crippen molar-refractivity contribution in [1.82, 2.24) is 10.3 Å². The molecule has 0 aromatic carbocycles. The molecule has 1 aliphatic carbocycles. The molecule has 0 spiro atoms. The van der Waals surface area contributed by atoms with Crippen molar-refractivity contribution in [2.75, 3.05) is 31.7 Å². The predicted octanol–water partition coefficient (Wildman–Crippen LogP) is 2.20. The first-order valence-electron chi connectivity index (χ1n) is 7.77. The van der Waals surface area contributed by atoms with Crippen LogP contribution in [0, 0.1) is 5.92 Å². The molecule has 20 heavy (non-hydrogen) atoms. The van der Waals surface area contributed by atoms with E-state index in [2.05, 4.69) is 27.3 Å². The lowest BCUT2D eigenvalue weighted by Gasteiger charge is -2.33. The van der Waals surface area contributed by atoms with Crippen LogP contribution in [0.15, 0.2) is 18.3 Å². The number of pyridine rings is 1. The molecule has 1 saturated heterocycles. The summed E-state index contributed by atoms with van der Waals surface area (Å²) in [5.74, 6) is 0.731. The standard InChI is InChI=1S/C16H25N3O/c1-20-12-13-5-8-19(9-6-13)16-4-7-17-15(10-16)11-18-14-2-3-14/h4,7,10,13-14,18H,2-3,5-6,8-9,11-12H2,1H3. The fourth-order valence-corrected chi connectivity index (χ4v) is 2.89. The van der Waals surface area contributed by atoms with Crippen molar-refractivity contribution in [1.29, 1.82) is 0 Å². The zero-order chi connectivity index (χ0) is 13.8. The Kier molecular flexibility index (Phi) is 4.53. The van der Waals surface area contributed by atoms with Crippen LogP contribution in [0.2, 0.25) is 0 Å². The maximum atomic E-state index is 5.26. The van der Waals surface area contributed by atoms with E-state index in [0.717, 1.165) is 43.9 Å². The van der Waals surface area contributed by atoms with Gasteiger partial charge in [0.1, 0.15) is 0 Å². The van der Waals surface area contributed by atoms with Crippen LogP contribution in [0.1, 0.15) is 31.4 Å². The summed E-state index contributed by atoms with van der Waals surface area (Å²) in [6, 6.07) is 5.12. The fraction of sp³-hybridized carbons (Fsp3) is 0.688. The van der Waals surface area contributed by atoms with Gasteiger partial charge in [-0.25, -0.2) is 0 Å². The minimum Gasteiger partial charge on any atom is -0.384 e. The summed E-state index contributed by atoms with van der Waals surface area (Å²) in [6.07, 6.45) is 7.05. The van der Waals surface area contributed by atoms with Crippen LogP contribution in [0.3, 0.4) is 0 Å². The van der Waals surface area contributed by atoms with E-state index < -0.39 is 0 Å². The van der Waals surface area contributed by atoms with E-state index >= 15 is 0 Å². The van der Waals surface area contributed by atoms with Crippen LogP contribution >= 0.6 is 0 Å². The van der Waals surface area contributed by atoms with Crippen molar-refractivity contribution in [3.63, 3.8) is 0 Å². The van der Waals surface area contributed by atoms with Gasteiger partial charge in [-0.3, -0.25) is 4.98 Å². The van der Waals surface area contributed by atoms with Gasteiger partial charge in [0.2, 0.25) is 0 Å². The Morgan fingerprint density at radius 2 is 2.10 bits per heavy atom. The molecule has 110 valence electrons. The number of methoxy groups -OCH3 is 1. The predicted molar refractivity (Wildman–Crippen MR) is 80.9 cm³/mol. The van der Waals surface area contributed by atoms with E-state index in [9.17, 15) is 0 Å². The van der Waals surface area contributed by atoms with Crippen molar-refractivity contribution >= 4 is 5.69 Å². The summed E-state index contributed by atoms with van der Waals surface area (Å²) >= 11 is 0. The molecular formula is C16H25N3O. The first kappa shape index (κ1) is 13.8. The Hall–Kier alpha value is -1.13. The number of nitrogens with one attached hydrogen (secondary N) is 1. The normalized spacial score (nSPS) is 20.4. The molecule has 1 aromatic heterocycles. The maximum Gasteiger partial charge on any atom is 0.0562 e. The minimum absolute atomic E-state index is 0.731. The van der Waals surface area contributed by atoms with Crippen molar-refractivity contribution in [2.24, 2.45) is 5.92 Å². The Morgan fingerprint density at radius 3 is 2.80 bits per heavy atom. The van der Waals surface area contributed by atoms with E-state index in [1.54, 1.807) is 7.11 Å². The fourth-order valence-electron chi connectivity index (χ4n) is 2.89. The van der Waals surface area contributed by atoms with Crippen molar-refractivity contribution < 1.29 is 4.74 Å². The third kappa shape index (κ3) is 3.70. The Morgan fingerprint density at radius 1 is 1.30 bits per heavy atom. The van der Waals surface area contributed by atoms with Gasteiger partial charge >= 0.3 is 0 Å². The summed E-state index contributed by atoms with van der Waals surface area (Å²) in [4.78, 5) is 6.95. The molecule has 0 unspecified atom stereocenters. The smallest absolute Gasteiger partial charge is 0.0562 e. The molecule has 0 radical (unpaired) electrons. The van der Waals surface area contributed by atoms with Gasteiger partial charge in [-0.15, -0.1) is 0 Å². The van der Waals surface area contributed by atoms with Gasteiger partial charge in [0.05, 0.1) is 5.69 Å². The highest BCUT2D eigenvalue weighted by atomic mass is 16.5. The largest absolute Gasteiger partial charge is 0.384 e. The number of aromatic nitrogens is 1. The second kappa shape index (κ2) is 6.55. The van der Waals surface area contributed by atoms with Gasteiger partial charge in [0.15, 0.2) is 0 Å². The summed E-state index contributed by atoms with van der Waals surface area (Å²) in [5, 5.41) is 3.53. The molecule has 0 amide bonds. The van der Waals surface area contributed by atoms with Gasteiger partial charge in [0, 0.05) is 51.3 Å². The van der Waals surface area contributed by atoms with Crippen molar-refractivity contribution in [3.05, 3.63) is 24.0 Å². The lowest BCUT2D eigenvalue weighted by molar-refractivity contribution is 0.139. The number of hydrogen-bond acceptors (Lipinski definition) is 4. The lowest BCUT2D eigenvalue weighted by atomic mass is 9.97. The Balaban J connectivity index is 1.55. The number of hydrogen-bond donors (Lipinski definition) is 1. The number of anilines is 1. The summed E-state index contributed by atoms with van der Waals surface area (Å²) in [7, 11) is 1.80. The molecule has 2 aliphatic rings. The number of nitrogens with zero attached hydrogens (tertiary/aromatic N) is 2. The van der Waals surface area contributed by atoms with Crippen molar-refractivity contribution in [2.45, 2.75) is 38.3 Å². The molecule has 2 heterocycles. The van der Waals surface area contributed by atoms with Crippen LogP contribution < -0.4 is 10.2 Å². The van der Waals surface area contributed by atoms with Gasteiger partial charge in [-0.2, -0.15) is 0 Å². The highest BCUT2D eigenvalue weighted by Gasteiger charge is 2.21. The molecule has 4 heteroatoms. The SMILES string of the molecule is COCC1CCN(c2ccnc(CNC3CC3)c2)CC1. The molecule has 4 nitrogen and oxygen atoms in total. The van der Waals surface area contributed by atoms with Gasteiger partial charge in [-0.05, 0) is 43.7 Å². The van der Waals surface area contributed by atoms with E-state index in [-0.39, 0.29) is 0 Å². The maximum absolute atomic E-state index is 5.26. The molecule has 0 bridgehead atoms. The average molecular weight is 275 g/mol. The van der Waals surface area contributed by atoms with E-state index in [4.69, 9.17) is 4.74 Å². The van der Waals surface area contributed by atoms with Crippen LogP contribution in [-0.4, -0.2) is 37.8 Å². The third-order valence-electron chi connectivity index (χ3n) is 4.33. The molecule has 1 aliphatic heterocycles. The van der Waals surface area contributed by atoms with Crippen LogP contribution in [-0.2, 0) is 11.3 Å². The Labute approximate surface area is 121 Å². The molecule has 1 aromatic rings. The quantitative estimate of drug-likeness (QED) is 0.863. The second-order valence-electron chi connectivity index (χ2n) is 6.05. The van der Waals surface area contributed by atoms with E-state index in [1.807, 2.05) is 6.20 Å². The van der Waals surface area contributed by atoms with Gasteiger partial charge in [-0.1, -0.05) is 0 Å². The summed E-state index contributed by atoms with van der Waals surface area (Å²) < 4.78 is 5.26. The average Bonchev–Trinajstić information content (AvgIpc) is 3.31. The molecular weight excluding hydrogens is 250 g/mol. The molecule has 0 atom stereocenters. The molecule has 2 fully saturated rings. The second-order valence-corrected chi connectivity index (χ2v) is 6.05. The van der Waals surface area contributed by atoms with E-state index in [1.165, 1.54) is 31.4 Å². The first-order chi connectivity index (χ1) is 9.85. The van der Waals surface area contributed by atoms with Crippen LogP contribution in [0.25, 0.3) is 0 Å². The number of piperidine rings is 1. The van der Waals surface area contributed by atoms with Crippen molar-refractivity contribution in [3.8, 4) is 0 Å². The zero-order valence-electron chi connectivity index (χ0n) is 12.3. The third-order valence-corrected chi connectivity index (χ3v) is 4.33. The Bertz CT molecular complexity index is 425. The lowest BCUT2D eigenvalue weighted by Crippen LogP contribution is -2.35. The van der Waals surface area contributed by atoms with Gasteiger partial charge in [0.25, 0.3) is 0 Å². The van der Waals surface area contributed by atoms with Crippen LogP contribution in [0.4, 0.5) is 5.69 Å². The topological polar surface area (TPSA) is 37.4 Å². The minimum atomic E-state index is 0.731. The molecule has 1 N–H and O–H groups in total. The highest BCUT2D eigenvalue weighted by molar-refractivity contribution is 5.46. The molecule has 1 saturated carbocycles. The highest BCUT2D eigenvalue weighted by Crippen LogP contribution is 2.24. The number of rotatable bonds is 6. The first-order valence-corrected chi connectivity index (χ1v) is 7.77.